The van der Waals surface area contributed by atoms with Crippen molar-refractivity contribution >= 4 is 17.0 Å². The molecule has 2 aromatic heterocycles. The second kappa shape index (κ2) is 11.5. The van der Waals surface area contributed by atoms with Crippen LogP contribution in [0.5, 0.6) is 0 Å². The van der Waals surface area contributed by atoms with Crippen LogP contribution in [0.25, 0.3) is 11.2 Å². The highest BCUT2D eigenvalue weighted by Gasteiger charge is 2.44. The van der Waals surface area contributed by atoms with Crippen LogP contribution >= 0.6 is 0 Å². The molecule has 3 heterocycles. The monoisotopic (exact) mass is 375 g/mol. The summed E-state index contributed by atoms with van der Waals surface area (Å²) in [5, 5.41) is 28.6. The number of ether oxygens (including phenoxy) is 1. The number of hydrogen-bond acceptors (Lipinski definition) is 8. The summed E-state index contributed by atoms with van der Waals surface area (Å²) in [7, 11) is 0. The van der Waals surface area contributed by atoms with Crippen molar-refractivity contribution in [3.63, 3.8) is 0 Å². The molecule has 1 fully saturated rings. The maximum absolute atomic E-state index is 9.89. The van der Waals surface area contributed by atoms with Crippen LogP contribution in [0.15, 0.2) is 6.33 Å². The molecule has 0 aliphatic carbocycles. The summed E-state index contributed by atoms with van der Waals surface area (Å²) in [6.45, 7) is -0.408. The van der Waals surface area contributed by atoms with Crippen LogP contribution in [0.3, 0.4) is 0 Å². The Balaban J connectivity index is -0.000000367. The first-order valence-corrected chi connectivity index (χ1v) is 5.70. The van der Waals surface area contributed by atoms with E-state index in [0.29, 0.717) is 11.2 Å². The fraction of sp³-hybridized carbons (Fsp3) is 0.500. The molecule has 25 heavy (non-hydrogen) atoms. The molecule has 3 rings (SSSR count). The standard InChI is InChI=1S/C10H13N5O4.6H2O/c11-8-4-9(13-2-12-4)15-10(14-8)7-6(18)5(17)3(1-16)19-7;;;;;;/h2-3,5-7,16-18H,1H2,(H3,11,12,13,14,15);6*1H2/t3-,5-,6+,7?;;;;;;/m1....../s1. The lowest BCUT2D eigenvalue weighted by Gasteiger charge is -2.13. The molecule has 0 spiro atoms. The molecule has 0 radical (unpaired) electrons. The Morgan fingerprint density at radius 1 is 1.04 bits per heavy atom. The Labute approximate surface area is 140 Å². The summed E-state index contributed by atoms with van der Waals surface area (Å²) in [6, 6.07) is 0. The normalized spacial score (nSPS) is 23.6. The minimum absolute atomic E-state index is 0. The molecule has 0 amide bonds. The highest BCUT2D eigenvalue weighted by Crippen LogP contribution is 2.32. The van der Waals surface area contributed by atoms with E-state index in [1.54, 1.807) is 0 Å². The average molecular weight is 375 g/mol. The summed E-state index contributed by atoms with van der Waals surface area (Å²) < 4.78 is 5.33. The zero-order valence-electron chi connectivity index (χ0n) is 12.8. The number of nitrogens with one attached hydrogen (secondary N) is 1. The molecule has 15 nitrogen and oxygen atoms in total. The van der Waals surface area contributed by atoms with E-state index < -0.39 is 31.0 Å². The number of aromatic nitrogens is 4. The van der Waals surface area contributed by atoms with E-state index in [1.807, 2.05) is 0 Å². The van der Waals surface area contributed by atoms with Crippen LogP contribution < -0.4 is 5.73 Å². The third-order valence-electron chi connectivity index (χ3n) is 3.13. The third kappa shape index (κ3) is 4.96. The highest BCUT2D eigenvalue weighted by atomic mass is 16.6. The van der Waals surface area contributed by atoms with Gasteiger partial charge in [-0.25, -0.2) is 15.0 Å². The molecule has 2 aromatic rings. The van der Waals surface area contributed by atoms with Gasteiger partial charge in [-0.3, -0.25) is 0 Å². The zero-order chi connectivity index (χ0) is 13.6. The molecule has 18 N–H and O–H groups in total. The molecule has 150 valence electrons. The number of imidazole rings is 1. The first kappa shape index (κ1) is 30.8. The number of rotatable bonds is 2. The molecule has 1 saturated heterocycles. The van der Waals surface area contributed by atoms with Crippen molar-refractivity contribution < 1.29 is 52.9 Å². The van der Waals surface area contributed by atoms with E-state index in [9.17, 15) is 10.2 Å². The smallest absolute Gasteiger partial charge is 0.183 e. The van der Waals surface area contributed by atoms with Crippen LogP contribution in [-0.4, -0.2) is 93.0 Å². The van der Waals surface area contributed by atoms with E-state index in [1.165, 1.54) is 6.33 Å². The lowest BCUT2D eigenvalue weighted by molar-refractivity contribution is -0.0251. The van der Waals surface area contributed by atoms with Crippen molar-refractivity contribution in [1.29, 1.82) is 0 Å². The van der Waals surface area contributed by atoms with Crippen LogP contribution in [0.4, 0.5) is 5.82 Å². The second-order valence-electron chi connectivity index (χ2n) is 4.33. The Morgan fingerprint density at radius 3 is 2.16 bits per heavy atom. The van der Waals surface area contributed by atoms with Gasteiger partial charge in [-0.15, -0.1) is 0 Å². The number of anilines is 1. The third-order valence-corrected chi connectivity index (χ3v) is 3.13. The molecule has 15 heteroatoms. The SMILES string of the molecule is Nc1nc(C2O[C@H](CO)[C@@H](O)[C@@H]2O)nc2nc[nH]c12.O.O.O.O.O.O. The van der Waals surface area contributed by atoms with Crippen molar-refractivity contribution in [2.45, 2.75) is 24.4 Å². The number of nitrogens with zero attached hydrogens (tertiary/aromatic N) is 3. The van der Waals surface area contributed by atoms with Crippen molar-refractivity contribution in [3.05, 3.63) is 12.2 Å². The lowest BCUT2D eigenvalue weighted by Crippen LogP contribution is -2.32. The van der Waals surface area contributed by atoms with E-state index >= 15 is 0 Å². The van der Waals surface area contributed by atoms with Crippen molar-refractivity contribution in [2.75, 3.05) is 12.3 Å². The first-order chi connectivity index (χ1) is 9.11. The summed E-state index contributed by atoms with van der Waals surface area (Å²) in [4.78, 5) is 14.9. The van der Waals surface area contributed by atoms with Crippen molar-refractivity contribution in [3.8, 4) is 0 Å². The van der Waals surface area contributed by atoms with E-state index in [-0.39, 0.29) is 44.5 Å². The van der Waals surface area contributed by atoms with E-state index in [2.05, 4.69) is 19.9 Å². The van der Waals surface area contributed by atoms with Gasteiger partial charge in [-0.2, -0.15) is 0 Å². The molecular formula is C10H25N5O10. The van der Waals surface area contributed by atoms with Crippen LogP contribution in [0, 0.1) is 0 Å². The first-order valence-electron chi connectivity index (χ1n) is 5.70. The van der Waals surface area contributed by atoms with Crippen LogP contribution in [-0.2, 0) is 4.74 Å². The van der Waals surface area contributed by atoms with E-state index in [4.69, 9.17) is 15.6 Å². The fourth-order valence-electron chi connectivity index (χ4n) is 2.11. The fourth-order valence-corrected chi connectivity index (χ4v) is 2.11. The number of aromatic amines is 1. The predicted molar refractivity (Wildman–Crippen MR) is 84.5 cm³/mol. The van der Waals surface area contributed by atoms with Gasteiger partial charge in [0, 0.05) is 0 Å². The van der Waals surface area contributed by atoms with Gasteiger partial charge in [0.2, 0.25) is 0 Å². The molecule has 0 bridgehead atoms. The van der Waals surface area contributed by atoms with Gasteiger partial charge in [0.25, 0.3) is 0 Å². The van der Waals surface area contributed by atoms with E-state index in [0.717, 1.165) is 0 Å². The number of nitrogen functional groups attached to an aromatic ring is 1. The zero-order valence-corrected chi connectivity index (χ0v) is 12.8. The number of nitrogens with two attached hydrogens (primary N) is 1. The highest BCUT2D eigenvalue weighted by molar-refractivity contribution is 5.80. The van der Waals surface area contributed by atoms with Gasteiger partial charge in [-0.05, 0) is 0 Å². The predicted octanol–water partition coefficient (Wildman–Crippen LogP) is -6.86. The van der Waals surface area contributed by atoms with Gasteiger partial charge in [0.1, 0.15) is 29.9 Å². The summed E-state index contributed by atoms with van der Waals surface area (Å²) in [6.07, 6.45) is -2.82. The number of fused-ring (bicyclic) bond motifs is 1. The maximum Gasteiger partial charge on any atom is 0.183 e. The molecule has 0 saturated carbocycles. The number of aliphatic hydroxyl groups is 3. The maximum atomic E-state index is 9.89. The molecule has 0 aromatic carbocycles. The van der Waals surface area contributed by atoms with Crippen molar-refractivity contribution in [2.24, 2.45) is 0 Å². The van der Waals surface area contributed by atoms with Gasteiger partial charge >= 0.3 is 0 Å². The van der Waals surface area contributed by atoms with Gasteiger partial charge in [-0.1, -0.05) is 0 Å². The summed E-state index contributed by atoms with van der Waals surface area (Å²) >= 11 is 0. The number of hydrogen-bond donors (Lipinski definition) is 5. The Kier molecular flexibility index (Phi) is 14.2. The van der Waals surface area contributed by atoms with Crippen molar-refractivity contribution in [1.82, 2.24) is 19.9 Å². The van der Waals surface area contributed by atoms with Gasteiger partial charge < -0.3 is 63.6 Å². The average Bonchev–Trinajstić information content (AvgIpc) is 2.96. The number of H-pyrrole nitrogens is 1. The topological polar surface area (TPSA) is 339 Å². The minimum Gasteiger partial charge on any atom is -0.412 e. The summed E-state index contributed by atoms with van der Waals surface area (Å²) in [5.74, 6) is 0.301. The largest absolute Gasteiger partial charge is 0.412 e. The van der Waals surface area contributed by atoms with Gasteiger partial charge in [0.05, 0.1) is 12.9 Å². The Hall–Kier alpha value is -2.05. The molecule has 1 aliphatic rings. The Bertz CT molecular complexity index is 613. The molecule has 1 unspecified atom stereocenters. The van der Waals surface area contributed by atoms with Gasteiger partial charge in [0.15, 0.2) is 17.3 Å². The number of aliphatic hydroxyl groups excluding tert-OH is 3. The second-order valence-corrected chi connectivity index (χ2v) is 4.33. The quantitative estimate of drug-likeness (QED) is 0.334. The Morgan fingerprint density at radius 2 is 1.64 bits per heavy atom. The molecule has 4 atom stereocenters. The summed E-state index contributed by atoms with van der Waals surface area (Å²) in [5.41, 5.74) is 6.59. The lowest BCUT2D eigenvalue weighted by atomic mass is 10.1. The molecule has 1 aliphatic heterocycles. The van der Waals surface area contributed by atoms with Crippen LogP contribution in [0.1, 0.15) is 11.9 Å². The molecular weight excluding hydrogens is 350 g/mol. The van der Waals surface area contributed by atoms with Crippen LogP contribution in [0.2, 0.25) is 0 Å². The minimum atomic E-state index is -1.23.